The summed E-state index contributed by atoms with van der Waals surface area (Å²) in [5.41, 5.74) is 9.25. The fraction of sp³-hybridized carbons (Fsp3) is 0.562. The van der Waals surface area contributed by atoms with Gasteiger partial charge in [0.25, 0.3) is 5.91 Å². The summed E-state index contributed by atoms with van der Waals surface area (Å²) in [7, 11) is 0. The van der Waals surface area contributed by atoms with Crippen molar-refractivity contribution in [3.8, 4) is 0 Å². The van der Waals surface area contributed by atoms with Crippen LogP contribution in [0.4, 0.5) is 5.69 Å². The van der Waals surface area contributed by atoms with Crippen molar-refractivity contribution in [1.29, 1.82) is 0 Å². The molecule has 2 aliphatic carbocycles. The first-order chi connectivity index (χ1) is 11.5. The minimum atomic E-state index is -0.538. The maximum atomic E-state index is 12.3. The molecular formula is C16H19Cl3N4O. The van der Waals surface area contributed by atoms with E-state index in [9.17, 15) is 4.79 Å². The summed E-state index contributed by atoms with van der Waals surface area (Å²) in [4.78, 5) is 16.2. The monoisotopic (exact) mass is 388 g/mol. The van der Waals surface area contributed by atoms with Crippen LogP contribution in [0.1, 0.15) is 55.4 Å². The van der Waals surface area contributed by atoms with Gasteiger partial charge in [-0.05, 0) is 37.5 Å². The lowest BCUT2D eigenvalue weighted by Crippen LogP contribution is -2.30. The summed E-state index contributed by atoms with van der Waals surface area (Å²) in [6.45, 7) is 0. The van der Waals surface area contributed by atoms with Gasteiger partial charge in [-0.3, -0.25) is 4.79 Å². The van der Waals surface area contributed by atoms with E-state index in [1.54, 1.807) is 0 Å². The molecule has 24 heavy (non-hydrogen) atoms. The van der Waals surface area contributed by atoms with Crippen LogP contribution in [0.2, 0.25) is 15.2 Å². The number of nitrogen functional groups attached to an aromatic ring is 1. The van der Waals surface area contributed by atoms with Crippen molar-refractivity contribution >= 4 is 52.1 Å². The number of pyridine rings is 1. The Morgan fingerprint density at radius 1 is 1.12 bits per heavy atom. The van der Waals surface area contributed by atoms with Crippen LogP contribution in [0, 0.1) is 11.8 Å². The van der Waals surface area contributed by atoms with E-state index in [1.165, 1.54) is 25.7 Å². The average molecular weight is 390 g/mol. The van der Waals surface area contributed by atoms with Crippen molar-refractivity contribution in [3.05, 3.63) is 20.9 Å². The lowest BCUT2D eigenvalue weighted by molar-refractivity contribution is 0.0949. The van der Waals surface area contributed by atoms with Crippen molar-refractivity contribution in [2.75, 3.05) is 5.73 Å². The quantitative estimate of drug-likeness (QED) is 0.568. The summed E-state index contributed by atoms with van der Waals surface area (Å²) in [6.07, 6.45) is 8.25. The normalized spacial score (nSPS) is 25.4. The van der Waals surface area contributed by atoms with E-state index < -0.39 is 5.91 Å². The van der Waals surface area contributed by atoms with E-state index in [4.69, 9.17) is 40.5 Å². The molecule has 0 bridgehead atoms. The van der Waals surface area contributed by atoms with Crippen LogP contribution < -0.4 is 11.2 Å². The van der Waals surface area contributed by atoms with Gasteiger partial charge in [0.05, 0.1) is 10.7 Å². The molecule has 0 aromatic carbocycles. The highest BCUT2D eigenvalue weighted by molar-refractivity contribution is 6.46. The van der Waals surface area contributed by atoms with E-state index in [0.29, 0.717) is 5.92 Å². The topological polar surface area (TPSA) is 80.4 Å². The molecule has 3 N–H and O–H groups in total. The van der Waals surface area contributed by atoms with E-state index in [2.05, 4.69) is 15.5 Å². The Kier molecular flexibility index (Phi) is 5.52. The molecule has 2 aliphatic rings. The molecule has 2 saturated carbocycles. The number of nitrogens with zero attached hydrogens (tertiary/aromatic N) is 2. The molecule has 1 aromatic heterocycles. The number of hydrogen-bond acceptors (Lipinski definition) is 4. The molecular weight excluding hydrogens is 371 g/mol. The fourth-order valence-corrected chi connectivity index (χ4v) is 4.25. The third-order valence-electron chi connectivity index (χ3n) is 4.97. The van der Waals surface area contributed by atoms with Crippen molar-refractivity contribution in [2.45, 2.75) is 44.9 Å². The van der Waals surface area contributed by atoms with Gasteiger partial charge >= 0.3 is 0 Å². The zero-order chi connectivity index (χ0) is 17.3. The number of halogens is 3. The molecule has 3 rings (SSSR count). The van der Waals surface area contributed by atoms with Gasteiger partial charge in [0.2, 0.25) is 0 Å². The Bertz CT molecular complexity index is 692. The van der Waals surface area contributed by atoms with Crippen LogP contribution in [0.3, 0.4) is 0 Å². The molecule has 2 atom stereocenters. The zero-order valence-corrected chi connectivity index (χ0v) is 15.4. The van der Waals surface area contributed by atoms with E-state index >= 15 is 0 Å². The highest BCUT2D eigenvalue weighted by atomic mass is 35.5. The van der Waals surface area contributed by atoms with Crippen LogP contribution in [-0.4, -0.2) is 16.6 Å². The second-order valence-electron chi connectivity index (χ2n) is 6.46. The van der Waals surface area contributed by atoms with Crippen molar-refractivity contribution in [2.24, 2.45) is 16.9 Å². The number of anilines is 1. The van der Waals surface area contributed by atoms with Crippen molar-refractivity contribution in [3.63, 3.8) is 0 Å². The van der Waals surface area contributed by atoms with Gasteiger partial charge in [-0.2, -0.15) is 5.10 Å². The second kappa shape index (κ2) is 7.46. The SMILES string of the molecule is Nc1c(Cl)c(Cl)nc(C(=O)N/N=C2/CC[C@@H]3CCCC[C@@H]3C2)c1Cl. The Hall–Kier alpha value is -1.04. The molecule has 8 heteroatoms. The number of amides is 1. The predicted octanol–water partition coefficient (Wildman–Crippen LogP) is 4.70. The van der Waals surface area contributed by atoms with E-state index in [0.717, 1.165) is 30.9 Å². The van der Waals surface area contributed by atoms with E-state index in [-0.39, 0.29) is 26.6 Å². The molecule has 0 spiro atoms. The standard InChI is InChI=1S/C16H19Cl3N4O/c17-11-13(20)12(18)15(19)21-14(11)16(24)23-22-10-6-5-8-3-1-2-4-9(8)7-10/h8-9H,1-7H2,(H2,20,21)(H,23,24)/b22-10-/t8-,9+/m0/s1. The number of carbonyl (C=O) groups excluding carboxylic acids is 1. The second-order valence-corrected chi connectivity index (χ2v) is 7.57. The summed E-state index contributed by atoms with van der Waals surface area (Å²) < 4.78 is 0. The smallest absolute Gasteiger partial charge is 0.291 e. The Labute approximate surface area is 155 Å². The van der Waals surface area contributed by atoms with Crippen LogP contribution in [0.25, 0.3) is 0 Å². The van der Waals surface area contributed by atoms with Gasteiger partial charge in [-0.15, -0.1) is 0 Å². The summed E-state index contributed by atoms with van der Waals surface area (Å²) in [6, 6.07) is 0. The number of carbonyl (C=O) groups is 1. The highest BCUT2D eigenvalue weighted by Crippen LogP contribution is 2.39. The number of nitrogens with two attached hydrogens (primary N) is 1. The third kappa shape index (κ3) is 3.63. The number of hydrogen-bond donors (Lipinski definition) is 2. The maximum Gasteiger partial charge on any atom is 0.291 e. The average Bonchev–Trinajstić information content (AvgIpc) is 2.60. The lowest BCUT2D eigenvalue weighted by atomic mass is 9.70. The minimum absolute atomic E-state index is 0.0157. The van der Waals surface area contributed by atoms with Crippen LogP contribution in [-0.2, 0) is 0 Å². The maximum absolute atomic E-state index is 12.3. The van der Waals surface area contributed by atoms with Gasteiger partial charge in [-0.25, -0.2) is 10.4 Å². The summed E-state index contributed by atoms with van der Waals surface area (Å²) >= 11 is 17.8. The molecule has 2 fully saturated rings. The molecule has 1 aromatic rings. The first kappa shape index (κ1) is 17.8. The number of aromatic nitrogens is 1. The molecule has 5 nitrogen and oxygen atoms in total. The molecule has 0 aliphatic heterocycles. The fourth-order valence-electron chi connectivity index (χ4n) is 3.66. The van der Waals surface area contributed by atoms with Crippen LogP contribution in [0.5, 0.6) is 0 Å². The largest absolute Gasteiger partial charge is 0.396 e. The summed E-state index contributed by atoms with van der Waals surface area (Å²) in [5, 5.41) is 4.24. The molecule has 0 unspecified atom stereocenters. The molecule has 130 valence electrons. The molecule has 1 heterocycles. The third-order valence-corrected chi connectivity index (χ3v) is 6.11. The number of rotatable bonds is 2. The number of nitrogens with one attached hydrogen (secondary N) is 1. The van der Waals surface area contributed by atoms with Crippen LogP contribution in [0.15, 0.2) is 5.10 Å². The van der Waals surface area contributed by atoms with Gasteiger partial charge in [0, 0.05) is 5.71 Å². The van der Waals surface area contributed by atoms with Gasteiger partial charge in [-0.1, -0.05) is 54.1 Å². The first-order valence-electron chi connectivity index (χ1n) is 8.13. The van der Waals surface area contributed by atoms with Crippen molar-refractivity contribution < 1.29 is 4.79 Å². The van der Waals surface area contributed by atoms with Gasteiger partial charge < -0.3 is 5.73 Å². The van der Waals surface area contributed by atoms with E-state index in [1.807, 2.05) is 0 Å². The predicted molar refractivity (Wildman–Crippen MR) is 97.9 cm³/mol. The summed E-state index contributed by atoms with van der Waals surface area (Å²) in [5.74, 6) is 0.980. The molecule has 1 amide bonds. The first-order valence-corrected chi connectivity index (χ1v) is 9.26. The van der Waals surface area contributed by atoms with Crippen molar-refractivity contribution in [1.82, 2.24) is 10.4 Å². The Morgan fingerprint density at radius 3 is 2.58 bits per heavy atom. The van der Waals surface area contributed by atoms with Gasteiger partial charge in [0.15, 0.2) is 10.8 Å². The Balaban J connectivity index is 1.69. The minimum Gasteiger partial charge on any atom is -0.396 e. The number of fused-ring (bicyclic) bond motifs is 1. The number of hydrazone groups is 1. The Morgan fingerprint density at radius 2 is 1.83 bits per heavy atom. The van der Waals surface area contributed by atoms with Crippen LogP contribution >= 0.6 is 34.8 Å². The zero-order valence-electron chi connectivity index (χ0n) is 13.1. The lowest BCUT2D eigenvalue weighted by Gasteiger charge is -2.35. The molecule has 0 radical (unpaired) electrons. The van der Waals surface area contributed by atoms with Gasteiger partial charge in [0.1, 0.15) is 5.02 Å². The molecule has 0 saturated heterocycles. The highest BCUT2D eigenvalue weighted by Gasteiger charge is 2.30.